The van der Waals surface area contributed by atoms with Crippen LogP contribution in [-0.2, 0) is 5.41 Å². The quantitative estimate of drug-likeness (QED) is 0.711. The van der Waals surface area contributed by atoms with E-state index in [1.54, 1.807) is 12.1 Å². The zero-order valence-electron chi connectivity index (χ0n) is 11.7. The van der Waals surface area contributed by atoms with Gasteiger partial charge in [0.2, 0.25) is 0 Å². The Morgan fingerprint density at radius 2 is 1.60 bits per heavy atom. The van der Waals surface area contributed by atoms with Crippen LogP contribution in [0.3, 0.4) is 0 Å². The summed E-state index contributed by atoms with van der Waals surface area (Å²) in [6.45, 7) is 6.32. The van der Waals surface area contributed by atoms with E-state index in [0.29, 0.717) is 5.56 Å². The van der Waals surface area contributed by atoms with Crippen LogP contribution in [0.2, 0.25) is 5.02 Å². The molecule has 0 aliphatic rings. The normalized spacial score (nSPS) is 11.4. The van der Waals surface area contributed by atoms with E-state index in [0.717, 1.165) is 5.56 Å². The van der Waals surface area contributed by atoms with E-state index in [1.807, 2.05) is 12.1 Å². The van der Waals surface area contributed by atoms with Crippen molar-refractivity contribution in [2.75, 3.05) is 0 Å². The zero-order valence-corrected chi connectivity index (χ0v) is 12.5. The number of ketones is 1. The second-order valence-corrected chi connectivity index (χ2v) is 6.25. The maximum absolute atomic E-state index is 13.3. The second-order valence-electron chi connectivity index (χ2n) is 5.81. The van der Waals surface area contributed by atoms with Crippen LogP contribution in [0, 0.1) is 5.82 Å². The standard InChI is InChI=1S/C17H16ClFO/c1-17(2,3)13-6-4-11(5-7-13)16(20)12-8-14(18)10-15(19)9-12/h4-10H,1-3H3. The van der Waals surface area contributed by atoms with Crippen molar-refractivity contribution in [1.82, 2.24) is 0 Å². The van der Waals surface area contributed by atoms with E-state index in [9.17, 15) is 9.18 Å². The highest BCUT2D eigenvalue weighted by atomic mass is 35.5. The number of hydrogen-bond donors (Lipinski definition) is 0. The van der Waals surface area contributed by atoms with Crippen LogP contribution in [0.1, 0.15) is 42.3 Å². The molecule has 0 radical (unpaired) electrons. The average molecular weight is 291 g/mol. The molecule has 0 amide bonds. The first-order valence-electron chi connectivity index (χ1n) is 6.39. The third-order valence-electron chi connectivity index (χ3n) is 3.14. The molecule has 2 aromatic rings. The monoisotopic (exact) mass is 290 g/mol. The molecule has 0 heterocycles. The molecule has 0 saturated carbocycles. The van der Waals surface area contributed by atoms with E-state index >= 15 is 0 Å². The fourth-order valence-electron chi connectivity index (χ4n) is 1.97. The number of hydrogen-bond acceptors (Lipinski definition) is 1. The van der Waals surface area contributed by atoms with Gasteiger partial charge >= 0.3 is 0 Å². The van der Waals surface area contributed by atoms with Crippen molar-refractivity contribution in [2.45, 2.75) is 26.2 Å². The van der Waals surface area contributed by atoms with Crippen LogP contribution in [0.5, 0.6) is 0 Å². The molecular formula is C17H16ClFO. The minimum Gasteiger partial charge on any atom is -0.289 e. The highest BCUT2D eigenvalue weighted by Crippen LogP contribution is 2.23. The summed E-state index contributed by atoms with van der Waals surface area (Å²) in [5.41, 5.74) is 1.97. The van der Waals surface area contributed by atoms with Crippen LogP contribution in [0.4, 0.5) is 4.39 Å². The molecule has 3 heteroatoms. The van der Waals surface area contributed by atoms with Crippen LogP contribution in [0.15, 0.2) is 42.5 Å². The number of benzene rings is 2. The molecule has 0 fully saturated rings. The Hall–Kier alpha value is -1.67. The van der Waals surface area contributed by atoms with Gasteiger partial charge in [-0.15, -0.1) is 0 Å². The summed E-state index contributed by atoms with van der Waals surface area (Å²) in [5.74, 6) is -0.737. The van der Waals surface area contributed by atoms with Crippen molar-refractivity contribution < 1.29 is 9.18 Å². The molecule has 0 aromatic heterocycles. The largest absolute Gasteiger partial charge is 0.289 e. The molecule has 2 rings (SSSR count). The Morgan fingerprint density at radius 1 is 1.00 bits per heavy atom. The summed E-state index contributed by atoms with van der Waals surface area (Å²) in [5, 5.41) is 0.222. The summed E-state index contributed by atoms with van der Waals surface area (Å²) in [6, 6.07) is 11.2. The van der Waals surface area contributed by atoms with Gasteiger partial charge in [-0.25, -0.2) is 4.39 Å². The van der Waals surface area contributed by atoms with Gasteiger partial charge in [-0.05, 0) is 29.2 Å². The Balaban J connectivity index is 2.34. The van der Waals surface area contributed by atoms with Gasteiger partial charge in [-0.2, -0.15) is 0 Å². The number of carbonyl (C=O) groups is 1. The summed E-state index contributed by atoms with van der Waals surface area (Å²) < 4.78 is 13.3. The fourth-order valence-corrected chi connectivity index (χ4v) is 2.19. The Morgan fingerprint density at radius 3 is 2.10 bits per heavy atom. The van der Waals surface area contributed by atoms with Crippen molar-refractivity contribution >= 4 is 17.4 Å². The molecular weight excluding hydrogens is 275 g/mol. The lowest BCUT2D eigenvalue weighted by molar-refractivity contribution is 0.103. The van der Waals surface area contributed by atoms with Gasteiger partial charge in [0.25, 0.3) is 0 Å². The molecule has 0 spiro atoms. The van der Waals surface area contributed by atoms with Crippen LogP contribution < -0.4 is 0 Å². The highest BCUT2D eigenvalue weighted by Gasteiger charge is 2.15. The molecule has 1 nitrogen and oxygen atoms in total. The molecule has 0 N–H and O–H groups in total. The highest BCUT2D eigenvalue weighted by molar-refractivity contribution is 6.31. The molecule has 0 aliphatic carbocycles. The smallest absolute Gasteiger partial charge is 0.193 e. The van der Waals surface area contributed by atoms with Gasteiger partial charge in [0.15, 0.2) is 5.78 Å². The Kier molecular flexibility index (Phi) is 3.96. The number of halogens is 2. The molecule has 0 atom stereocenters. The van der Waals surface area contributed by atoms with Gasteiger partial charge in [0, 0.05) is 16.1 Å². The predicted octanol–water partition coefficient (Wildman–Crippen LogP) is 5.01. The van der Waals surface area contributed by atoms with Crippen molar-refractivity contribution in [1.29, 1.82) is 0 Å². The van der Waals surface area contributed by atoms with Crippen molar-refractivity contribution in [3.63, 3.8) is 0 Å². The Bertz CT molecular complexity index is 619. The van der Waals surface area contributed by atoms with Gasteiger partial charge < -0.3 is 0 Å². The number of carbonyl (C=O) groups excluding carboxylic acids is 1. The van der Waals surface area contributed by atoms with E-state index < -0.39 is 5.82 Å². The molecule has 0 saturated heterocycles. The fraction of sp³-hybridized carbons (Fsp3) is 0.235. The maximum Gasteiger partial charge on any atom is 0.193 e. The van der Waals surface area contributed by atoms with E-state index in [4.69, 9.17) is 11.6 Å². The molecule has 0 aliphatic heterocycles. The first kappa shape index (κ1) is 14.7. The summed E-state index contributed by atoms with van der Waals surface area (Å²) in [7, 11) is 0. The number of rotatable bonds is 2. The first-order valence-corrected chi connectivity index (χ1v) is 6.76. The van der Waals surface area contributed by atoms with Crippen molar-refractivity contribution in [2.24, 2.45) is 0 Å². The molecule has 0 bridgehead atoms. The minimum absolute atomic E-state index is 0.0315. The maximum atomic E-state index is 13.3. The lowest BCUT2D eigenvalue weighted by Gasteiger charge is -2.19. The lowest BCUT2D eigenvalue weighted by atomic mass is 9.86. The lowest BCUT2D eigenvalue weighted by Crippen LogP contribution is -2.11. The van der Waals surface area contributed by atoms with Crippen molar-refractivity contribution in [3.8, 4) is 0 Å². The summed E-state index contributed by atoms with van der Waals surface area (Å²) >= 11 is 5.77. The van der Waals surface area contributed by atoms with Gasteiger partial charge in [-0.3, -0.25) is 4.79 Å². The summed E-state index contributed by atoms with van der Waals surface area (Å²) in [6.07, 6.45) is 0. The SMILES string of the molecule is CC(C)(C)c1ccc(C(=O)c2cc(F)cc(Cl)c2)cc1. The molecule has 0 unspecified atom stereocenters. The van der Waals surface area contributed by atoms with E-state index in [1.165, 1.54) is 18.2 Å². The van der Waals surface area contributed by atoms with Gasteiger partial charge in [0.05, 0.1) is 0 Å². The van der Waals surface area contributed by atoms with Crippen LogP contribution >= 0.6 is 11.6 Å². The van der Waals surface area contributed by atoms with Crippen molar-refractivity contribution in [3.05, 3.63) is 70.0 Å². The third kappa shape index (κ3) is 3.26. The third-order valence-corrected chi connectivity index (χ3v) is 3.36. The summed E-state index contributed by atoms with van der Waals surface area (Å²) in [4.78, 5) is 12.3. The van der Waals surface area contributed by atoms with Crippen LogP contribution in [0.25, 0.3) is 0 Å². The topological polar surface area (TPSA) is 17.1 Å². The predicted molar refractivity (Wildman–Crippen MR) is 80.0 cm³/mol. The van der Waals surface area contributed by atoms with Crippen LogP contribution in [-0.4, -0.2) is 5.78 Å². The molecule has 20 heavy (non-hydrogen) atoms. The first-order chi connectivity index (χ1) is 9.27. The van der Waals surface area contributed by atoms with E-state index in [-0.39, 0.29) is 21.8 Å². The average Bonchev–Trinajstić information content (AvgIpc) is 2.36. The van der Waals surface area contributed by atoms with Gasteiger partial charge in [-0.1, -0.05) is 56.6 Å². The molecule has 104 valence electrons. The minimum atomic E-state index is -0.507. The second kappa shape index (κ2) is 5.37. The van der Waals surface area contributed by atoms with E-state index in [2.05, 4.69) is 20.8 Å². The Labute approximate surface area is 123 Å². The van der Waals surface area contributed by atoms with Gasteiger partial charge in [0.1, 0.15) is 5.82 Å². The zero-order chi connectivity index (χ0) is 14.9. The molecule has 2 aromatic carbocycles.